The van der Waals surface area contributed by atoms with Crippen LogP contribution < -0.4 is 14.8 Å². The summed E-state index contributed by atoms with van der Waals surface area (Å²) in [7, 11) is 3.16. The fourth-order valence-electron chi connectivity index (χ4n) is 2.49. The smallest absolute Gasteiger partial charge is 0.246 e. The monoisotopic (exact) mass is 382 g/mol. The molecule has 0 unspecified atom stereocenters. The normalized spacial score (nSPS) is 10.6. The maximum atomic E-state index is 12.3. The zero-order chi connectivity index (χ0) is 20.5. The second-order valence-corrected chi connectivity index (χ2v) is 6.29. The second-order valence-electron chi connectivity index (χ2n) is 6.29. The lowest BCUT2D eigenvalue weighted by Gasteiger charge is -2.15. The Bertz CT molecular complexity index is 844. The third-order valence-corrected chi connectivity index (χ3v) is 4.00. The molecular weight excluding hydrogens is 356 g/mol. The Kier molecular flexibility index (Phi) is 7.63. The Balaban J connectivity index is 1.94. The topological polar surface area (TPSA) is 67.9 Å². The summed E-state index contributed by atoms with van der Waals surface area (Å²) in [5, 5.41) is 2.78. The summed E-state index contributed by atoms with van der Waals surface area (Å²) in [5.41, 5.74) is 2.62. The average molecular weight is 382 g/mol. The molecule has 0 radical (unpaired) electrons. The van der Waals surface area contributed by atoms with Crippen LogP contribution in [0.15, 0.2) is 48.5 Å². The van der Waals surface area contributed by atoms with Gasteiger partial charge in [-0.15, -0.1) is 0 Å². The summed E-state index contributed by atoms with van der Waals surface area (Å²) in [4.78, 5) is 25.8. The molecule has 2 rings (SSSR count). The van der Waals surface area contributed by atoms with E-state index in [2.05, 4.69) is 5.32 Å². The molecule has 0 bridgehead atoms. The van der Waals surface area contributed by atoms with Gasteiger partial charge in [-0.2, -0.15) is 0 Å². The van der Waals surface area contributed by atoms with Gasteiger partial charge in [0.1, 0.15) is 0 Å². The lowest BCUT2D eigenvalue weighted by Crippen LogP contribution is -2.33. The van der Waals surface area contributed by atoms with Gasteiger partial charge in [-0.3, -0.25) is 9.59 Å². The summed E-state index contributed by atoms with van der Waals surface area (Å²) in [6.45, 7) is 4.35. The number of carbonyl (C=O) groups is 2. The molecule has 0 atom stereocenters. The van der Waals surface area contributed by atoms with Gasteiger partial charge in [0.2, 0.25) is 11.8 Å². The number of rotatable bonds is 8. The van der Waals surface area contributed by atoms with Gasteiger partial charge in [0.05, 0.1) is 20.3 Å². The number of nitrogens with zero attached hydrogens (tertiary/aromatic N) is 1. The van der Waals surface area contributed by atoms with E-state index >= 15 is 0 Å². The van der Waals surface area contributed by atoms with Crippen molar-refractivity contribution in [3.63, 3.8) is 0 Å². The van der Waals surface area contributed by atoms with E-state index < -0.39 is 0 Å². The molecular formula is C22H26N2O4. The Morgan fingerprint density at radius 3 is 2.46 bits per heavy atom. The van der Waals surface area contributed by atoms with E-state index in [0.29, 0.717) is 23.8 Å². The van der Waals surface area contributed by atoms with Crippen LogP contribution >= 0.6 is 0 Å². The Morgan fingerprint density at radius 1 is 1.11 bits per heavy atom. The fourth-order valence-corrected chi connectivity index (χ4v) is 2.49. The number of hydrogen-bond acceptors (Lipinski definition) is 4. The molecule has 6 nitrogen and oxygen atoms in total. The van der Waals surface area contributed by atoms with Crippen molar-refractivity contribution in [3.8, 4) is 11.5 Å². The number of likely N-dealkylation sites (N-methyl/N-ethyl adjacent to an activating group) is 1. The minimum Gasteiger partial charge on any atom is -0.493 e. The maximum Gasteiger partial charge on any atom is 0.246 e. The molecule has 0 aliphatic rings. The highest BCUT2D eigenvalue weighted by Crippen LogP contribution is 2.28. The molecule has 0 aliphatic heterocycles. The van der Waals surface area contributed by atoms with Crippen molar-refractivity contribution in [2.24, 2.45) is 0 Å². The van der Waals surface area contributed by atoms with Crippen molar-refractivity contribution in [3.05, 3.63) is 59.7 Å². The highest BCUT2D eigenvalue weighted by molar-refractivity contribution is 5.97. The van der Waals surface area contributed by atoms with Gasteiger partial charge >= 0.3 is 0 Å². The Labute approximate surface area is 165 Å². The van der Waals surface area contributed by atoms with Gasteiger partial charge in [-0.25, -0.2) is 0 Å². The molecule has 0 aliphatic carbocycles. The van der Waals surface area contributed by atoms with Crippen molar-refractivity contribution in [2.75, 3.05) is 32.6 Å². The first kappa shape index (κ1) is 21.0. The first-order valence-corrected chi connectivity index (χ1v) is 9.03. The van der Waals surface area contributed by atoms with Gasteiger partial charge in [0, 0.05) is 18.8 Å². The zero-order valence-corrected chi connectivity index (χ0v) is 16.7. The zero-order valence-electron chi connectivity index (χ0n) is 16.7. The molecule has 0 spiro atoms. The van der Waals surface area contributed by atoms with Gasteiger partial charge in [0.25, 0.3) is 0 Å². The van der Waals surface area contributed by atoms with Crippen LogP contribution in [-0.2, 0) is 9.59 Å². The predicted octanol–water partition coefficient (Wildman–Crippen LogP) is 3.51. The molecule has 0 fully saturated rings. The van der Waals surface area contributed by atoms with E-state index in [4.69, 9.17) is 9.47 Å². The lowest BCUT2D eigenvalue weighted by molar-refractivity contribution is -0.129. The predicted molar refractivity (Wildman–Crippen MR) is 111 cm³/mol. The Hall–Kier alpha value is -3.28. The van der Waals surface area contributed by atoms with Crippen LogP contribution in [0.25, 0.3) is 6.08 Å². The molecule has 2 aromatic carbocycles. The minimum atomic E-state index is -0.271. The fraction of sp³-hybridized carbons (Fsp3) is 0.273. The molecule has 1 N–H and O–H groups in total. The summed E-state index contributed by atoms with van der Waals surface area (Å²) in [6, 6.07) is 12.9. The van der Waals surface area contributed by atoms with E-state index in [1.807, 2.05) is 44.2 Å². The first-order valence-electron chi connectivity index (χ1n) is 9.03. The van der Waals surface area contributed by atoms with Crippen LogP contribution in [0.5, 0.6) is 11.5 Å². The number of carbonyl (C=O) groups excluding carboxylic acids is 2. The number of benzene rings is 2. The van der Waals surface area contributed by atoms with E-state index in [-0.39, 0.29) is 18.4 Å². The van der Waals surface area contributed by atoms with Gasteiger partial charge < -0.3 is 19.7 Å². The minimum absolute atomic E-state index is 0.0378. The highest BCUT2D eigenvalue weighted by Gasteiger charge is 2.11. The van der Waals surface area contributed by atoms with Gasteiger partial charge in [-0.05, 0) is 49.8 Å². The molecule has 148 valence electrons. The molecule has 0 saturated heterocycles. The van der Waals surface area contributed by atoms with Crippen molar-refractivity contribution in [1.82, 2.24) is 4.90 Å². The van der Waals surface area contributed by atoms with Crippen LogP contribution in [0, 0.1) is 6.92 Å². The summed E-state index contributed by atoms with van der Waals surface area (Å²) in [6.07, 6.45) is 3.11. The number of ether oxygens (including phenoxy) is 2. The Morgan fingerprint density at radius 2 is 1.82 bits per heavy atom. The van der Waals surface area contributed by atoms with Crippen LogP contribution in [0.1, 0.15) is 18.1 Å². The van der Waals surface area contributed by atoms with E-state index in [9.17, 15) is 9.59 Å². The summed E-state index contributed by atoms with van der Waals surface area (Å²) < 4.78 is 10.8. The van der Waals surface area contributed by atoms with Crippen molar-refractivity contribution >= 4 is 23.6 Å². The molecule has 0 heterocycles. The SMILES string of the molecule is CCOc1cc(/C=C/C(=O)N(C)CC(=O)Nc2ccc(C)cc2)ccc1OC. The molecule has 2 aromatic rings. The lowest BCUT2D eigenvalue weighted by atomic mass is 10.2. The summed E-state index contributed by atoms with van der Waals surface area (Å²) >= 11 is 0. The third kappa shape index (κ3) is 6.16. The number of aryl methyl sites for hydroxylation is 1. The van der Waals surface area contributed by atoms with Crippen molar-refractivity contribution in [2.45, 2.75) is 13.8 Å². The molecule has 6 heteroatoms. The van der Waals surface area contributed by atoms with Crippen LogP contribution in [0.2, 0.25) is 0 Å². The maximum absolute atomic E-state index is 12.3. The van der Waals surface area contributed by atoms with E-state index in [1.54, 1.807) is 32.4 Å². The number of nitrogens with one attached hydrogen (secondary N) is 1. The average Bonchev–Trinajstić information content (AvgIpc) is 2.68. The first-order chi connectivity index (χ1) is 13.4. The van der Waals surface area contributed by atoms with E-state index in [0.717, 1.165) is 11.1 Å². The van der Waals surface area contributed by atoms with E-state index in [1.165, 1.54) is 11.0 Å². The van der Waals surface area contributed by atoms with Crippen molar-refractivity contribution < 1.29 is 19.1 Å². The summed E-state index contributed by atoms with van der Waals surface area (Å²) in [5.74, 6) is 0.727. The largest absolute Gasteiger partial charge is 0.493 e. The van der Waals surface area contributed by atoms with Crippen molar-refractivity contribution in [1.29, 1.82) is 0 Å². The second kappa shape index (κ2) is 10.2. The van der Waals surface area contributed by atoms with Gasteiger partial charge in [0.15, 0.2) is 11.5 Å². The highest BCUT2D eigenvalue weighted by atomic mass is 16.5. The van der Waals surface area contributed by atoms with Gasteiger partial charge in [-0.1, -0.05) is 23.8 Å². The molecule has 0 saturated carbocycles. The molecule has 28 heavy (non-hydrogen) atoms. The third-order valence-electron chi connectivity index (χ3n) is 4.00. The number of amides is 2. The van der Waals surface area contributed by atoms with Crippen LogP contribution in [-0.4, -0.2) is 44.0 Å². The van der Waals surface area contributed by atoms with Crippen LogP contribution in [0.4, 0.5) is 5.69 Å². The standard InChI is InChI=1S/C22H26N2O4/c1-5-28-20-14-17(8-12-19(20)27-4)9-13-22(26)24(3)15-21(25)23-18-10-6-16(2)7-11-18/h6-14H,5,15H2,1-4H3,(H,23,25)/b13-9+. The quantitative estimate of drug-likeness (QED) is 0.710. The van der Waals surface area contributed by atoms with Crippen LogP contribution in [0.3, 0.4) is 0 Å². The number of methoxy groups -OCH3 is 1. The molecule has 2 amide bonds. The number of hydrogen-bond donors (Lipinski definition) is 1. The molecule has 0 aromatic heterocycles. The number of anilines is 1.